The molecule has 3 aromatic rings. The van der Waals surface area contributed by atoms with E-state index in [9.17, 15) is 9.18 Å². The highest BCUT2D eigenvalue weighted by Crippen LogP contribution is 2.24. The highest BCUT2D eigenvalue weighted by Gasteiger charge is 2.25. The Hall–Kier alpha value is -3.29. The van der Waals surface area contributed by atoms with Gasteiger partial charge in [0.15, 0.2) is 5.82 Å². The van der Waals surface area contributed by atoms with Crippen LogP contribution < -0.4 is 4.90 Å². The Morgan fingerprint density at radius 2 is 1.79 bits per heavy atom. The number of fused-ring (bicyclic) bond motifs is 1. The van der Waals surface area contributed by atoms with Gasteiger partial charge >= 0.3 is 0 Å². The van der Waals surface area contributed by atoms with Gasteiger partial charge in [-0.25, -0.2) is 4.39 Å². The first-order chi connectivity index (χ1) is 14.2. The molecule has 29 heavy (non-hydrogen) atoms. The minimum absolute atomic E-state index is 0.0782. The molecular weight excluding hydrogens is 371 g/mol. The van der Waals surface area contributed by atoms with Crippen molar-refractivity contribution in [1.29, 1.82) is 0 Å². The molecule has 3 heterocycles. The van der Waals surface area contributed by atoms with Crippen LogP contribution in [0.25, 0.3) is 11.3 Å². The van der Waals surface area contributed by atoms with Gasteiger partial charge in [-0.05, 0) is 61.2 Å². The van der Waals surface area contributed by atoms with Crippen LogP contribution in [0.1, 0.15) is 28.2 Å². The molecule has 5 rings (SSSR count). The molecule has 1 amide bonds. The zero-order valence-electron chi connectivity index (χ0n) is 15.9. The van der Waals surface area contributed by atoms with Crippen LogP contribution in [-0.4, -0.2) is 57.4 Å². The van der Waals surface area contributed by atoms with Gasteiger partial charge in [0.1, 0.15) is 11.5 Å². The zero-order chi connectivity index (χ0) is 19.8. The maximum atomic E-state index is 13.1. The number of nitrogens with zero attached hydrogens (tertiary/aromatic N) is 5. The van der Waals surface area contributed by atoms with E-state index in [-0.39, 0.29) is 11.7 Å². The van der Waals surface area contributed by atoms with Crippen LogP contribution in [0.3, 0.4) is 0 Å². The first kappa shape index (κ1) is 17.8. The summed E-state index contributed by atoms with van der Waals surface area (Å²) in [6, 6.07) is 9.93. The molecule has 148 valence electrons. The van der Waals surface area contributed by atoms with E-state index >= 15 is 0 Å². The molecule has 2 aromatic heterocycles. The van der Waals surface area contributed by atoms with E-state index in [4.69, 9.17) is 0 Å². The molecule has 1 aliphatic carbocycles. The summed E-state index contributed by atoms with van der Waals surface area (Å²) in [6.45, 7) is 2.67. The molecule has 0 spiro atoms. The number of amides is 1. The van der Waals surface area contributed by atoms with Gasteiger partial charge in [0, 0.05) is 31.7 Å². The molecule has 0 radical (unpaired) electrons. The third-order valence-electron chi connectivity index (χ3n) is 5.65. The maximum Gasteiger partial charge on any atom is 0.272 e. The Bertz CT molecular complexity index is 1040. The number of carbonyl (C=O) groups is 1. The summed E-state index contributed by atoms with van der Waals surface area (Å²) in [6.07, 6.45) is 3.25. The lowest BCUT2D eigenvalue weighted by Gasteiger charge is -2.35. The number of rotatable bonds is 3. The van der Waals surface area contributed by atoms with Crippen molar-refractivity contribution in [3.63, 3.8) is 0 Å². The Morgan fingerprint density at radius 1 is 1.00 bits per heavy atom. The number of carbonyl (C=O) groups excluding carboxylic acids is 1. The molecular formula is C21H21FN6O. The van der Waals surface area contributed by atoms with Gasteiger partial charge in [-0.3, -0.25) is 9.89 Å². The molecule has 1 saturated heterocycles. The first-order valence-electron chi connectivity index (χ1n) is 9.88. The van der Waals surface area contributed by atoms with Crippen LogP contribution in [0.4, 0.5) is 10.2 Å². The lowest BCUT2D eigenvalue weighted by atomic mass is 10.1. The van der Waals surface area contributed by atoms with E-state index in [2.05, 4.69) is 31.4 Å². The summed E-state index contributed by atoms with van der Waals surface area (Å²) in [4.78, 5) is 16.8. The fourth-order valence-electron chi connectivity index (χ4n) is 3.98. The molecule has 0 saturated carbocycles. The van der Waals surface area contributed by atoms with E-state index in [0.717, 1.165) is 49.4 Å². The van der Waals surface area contributed by atoms with E-state index < -0.39 is 0 Å². The topological polar surface area (TPSA) is 78.0 Å². The third kappa shape index (κ3) is 3.46. The second kappa shape index (κ2) is 7.27. The van der Waals surface area contributed by atoms with Crippen LogP contribution in [0.2, 0.25) is 0 Å². The molecule has 1 aliphatic heterocycles. The van der Waals surface area contributed by atoms with Crippen LogP contribution in [-0.2, 0) is 12.8 Å². The number of benzene rings is 1. The summed E-state index contributed by atoms with van der Waals surface area (Å²) in [7, 11) is 0. The maximum absolute atomic E-state index is 13.1. The van der Waals surface area contributed by atoms with Crippen molar-refractivity contribution >= 4 is 11.7 Å². The monoisotopic (exact) mass is 392 g/mol. The van der Waals surface area contributed by atoms with Crippen molar-refractivity contribution in [2.75, 3.05) is 31.1 Å². The highest BCUT2D eigenvalue weighted by molar-refractivity contribution is 5.93. The minimum atomic E-state index is -0.300. The minimum Gasteiger partial charge on any atom is -0.352 e. The van der Waals surface area contributed by atoms with E-state index in [1.54, 1.807) is 18.2 Å². The van der Waals surface area contributed by atoms with Crippen molar-refractivity contribution in [2.24, 2.45) is 0 Å². The standard InChI is InChI=1S/C21H21FN6O/c22-16-6-4-14(5-7-16)18-13-19(25-24-18)21(29)28-10-8-27(9-11-28)20-12-15-2-1-3-17(15)23-26-20/h4-7,12-13H,1-3,8-11H2,(H,24,25). The van der Waals surface area contributed by atoms with Crippen molar-refractivity contribution in [3.05, 3.63) is 59.2 Å². The van der Waals surface area contributed by atoms with Crippen LogP contribution in [0.5, 0.6) is 0 Å². The lowest BCUT2D eigenvalue weighted by molar-refractivity contribution is 0.0740. The molecule has 2 aliphatic rings. The van der Waals surface area contributed by atoms with E-state index in [0.29, 0.717) is 24.5 Å². The molecule has 7 nitrogen and oxygen atoms in total. The number of aromatic amines is 1. The number of aromatic nitrogens is 4. The molecule has 1 fully saturated rings. The highest BCUT2D eigenvalue weighted by atomic mass is 19.1. The SMILES string of the molecule is O=C(c1cc(-c2ccc(F)cc2)n[nH]1)N1CCN(c2cc3c(nn2)CCC3)CC1. The number of hydrogen-bond donors (Lipinski definition) is 1. The average Bonchev–Trinajstić information content (AvgIpc) is 3.43. The second-order valence-electron chi connectivity index (χ2n) is 7.48. The van der Waals surface area contributed by atoms with Crippen LogP contribution >= 0.6 is 0 Å². The van der Waals surface area contributed by atoms with Crippen LogP contribution in [0.15, 0.2) is 36.4 Å². The zero-order valence-corrected chi connectivity index (χ0v) is 15.9. The fraction of sp³-hybridized carbons (Fsp3) is 0.333. The molecule has 0 bridgehead atoms. The number of halogens is 1. The molecule has 8 heteroatoms. The number of hydrogen-bond acceptors (Lipinski definition) is 5. The largest absolute Gasteiger partial charge is 0.352 e. The summed E-state index contributed by atoms with van der Waals surface area (Å²) >= 11 is 0. The van der Waals surface area contributed by atoms with Gasteiger partial charge in [-0.1, -0.05) is 0 Å². The predicted octanol–water partition coefficient (Wildman–Crippen LogP) is 2.46. The molecule has 0 unspecified atom stereocenters. The molecule has 0 atom stereocenters. The summed E-state index contributed by atoms with van der Waals surface area (Å²) < 4.78 is 13.1. The number of piperazine rings is 1. The summed E-state index contributed by atoms with van der Waals surface area (Å²) in [5.41, 5.74) is 4.26. The van der Waals surface area contributed by atoms with Gasteiger partial charge in [0.05, 0.1) is 11.4 Å². The summed E-state index contributed by atoms with van der Waals surface area (Å²) in [5.74, 6) is 0.523. The van der Waals surface area contributed by atoms with E-state index in [1.165, 1.54) is 17.7 Å². The van der Waals surface area contributed by atoms with Gasteiger partial charge in [-0.2, -0.15) is 10.2 Å². The fourth-order valence-corrected chi connectivity index (χ4v) is 3.98. The third-order valence-corrected chi connectivity index (χ3v) is 5.65. The van der Waals surface area contributed by atoms with Crippen molar-refractivity contribution < 1.29 is 9.18 Å². The summed E-state index contributed by atoms with van der Waals surface area (Å²) in [5, 5.41) is 15.8. The normalized spacial score (nSPS) is 16.2. The Balaban J connectivity index is 1.24. The molecule has 1 aromatic carbocycles. The Labute approximate surface area is 167 Å². The van der Waals surface area contributed by atoms with Crippen molar-refractivity contribution in [3.8, 4) is 11.3 Å². The predicted molar refractivity (Wildman–Crippen MR) is 106 cm³/mol. The Kier molecular flexibility index (Phi) is 4.46. The lowest BCUT2D eigenvalue weighted by Crippen LogP contribution is -2.49. The van der Waals surface area contributed by atoms with E-state index in [1.807, 2.05) is 4.90 Å². The quantitative estimate of drug-likeness (QED) is 0.741. The Morgan fingerprint density at radius 3 is 2.59 bits per heavy atom. The number of nitrogens with one attached hydrogen (secondary N) is 1. The molecule has 1 N–H and O–H groups in total. The van der Waals surface area contributed by atoms with Crippen molar-refractivity contribution in [2.45, 2.75) is 19.3 Å². The second-order valence-corrected chi connectivity index (χ2v) is 7.48. The average molecular weight is 392 g/mol. The van der Waals surface area contributed by atoms with Crippen LogP contribution in [0, 0.1) is 5.82 Å². The van der Waals surface area contributed by atoms with Gasteiger partial charge < -0.3 is 9.80 Å². The van der Waals surface area contributed by atoms with Gasteiger partial charge in [-0.15, -0.1) is 5.10 Å². The number of aryl methyl sites for hydroxylation is 2. The van der Waals surface area contributed by atoms with Crippen molar-refractivity contribution in [1.82, 2.24) is 25.3 Å². The first-order valence-corrected chi connectivity index (χ1v) is 9.88. The van der Waals surface area contributed by atoms with Gasteiger partial charge in [0.2, 0.25) is 0 Å². The number of anilines is 1. The van der Waals surface area contributed by atoms with Gasteiger partial charge in [0.25, 0.3) is 5.91 Å². The smallest absolute Gasteiger partial charge is 0.272 e. The number of H-pyrrole nitrogens is 1.